The number of aromatic amines is 1. The molecule has 1 fully saturated rings. The molecule has 2 aromatic rings. The molecule has 1 saturated heterocycles. The molecule has 94 valence electrons. The zero-order valence-corrected chi connectivity index (χ0v) is 11.2. The maximum absolute atomic E-state index is 12.2. The summed E-state index contributed by atoms with van der Waals surface area (Å²) >= 11 is 1.95. The van der Waals surface area contributed by atoms with Crippen LogP contribution in [0.5, 0.6) is 0 Å². The third kappa shape index (κ3) is 2.01. The average molecular weight is 260 g/mol. The highest BCUT2D eigenvalue weighted by Crippen LogP contribution is 2.21. The fourth-order valence-electron chi connectivity index (χ4n) is 2.41. The van der Waals surface area contributed by atoms with Crippen LogP contribution in [-0.4, -0.2) is 29.6 Å². The lowest BCUT2D eigenvalue weighted by Gasteiger charge is -2.27. The quantitative estimate of drug-likeness (QED) is 0.855. The zero-order chi connectivity index (χ0) is 12.5. The Labute approximate surface area is 110 Å². The Balaban J connectivity index is 2.12. The summed E-state index contributed by atoms with van der Waals surface area (Å²) in [4.78, 5) is 17.4. The van der Waals surface area contributed by atoms with Gasteiger partial charge in [-0.05, 0) is 18.6 Å². The van der Waals surface area contributed by atoms with Gasteiger partial charge in [-0.15, -0.1) is 0 Å². The van der Waals surface area contributed by atoms with Gasteiger partial charge in [-0.25, -0.2) is 0 Å². The number of rotatable bonds is 1. The largest absolute Gasteiger partial charge is 0.365 e. The number of pyridine rings is 1. The maximum Gasteiger partial charge on any atom is 0.271 e. The van der Waals surface area contributed by atoms with Crippen LogP contribution in [0.1, 0.15) is 5.56 Å². The highest BCUT2D eigenvalue weighted by atomic mass is 32.2. The van der Waals surface area contributed by atoms with Gasteiger partial charge in [0.15, 0.2) is 0 Å². The predicted molar refractivity (Wildman–Crippen MR) is 78.8 cm³/mol. The summed E-state index contributed by atoms with van der Waals surface area (Å²) in [5.74, 6) is 2.20. The van der Waals surface area contributed by atoms with E-state index in [9.17, 15) is 4.79 Å². The second-order valence-corrected chi connectivity index (χ2v) is 5.85. The Kier molecular flexibility index (Phi) is 3.04. The number of H-pyrrole nitrogens is 1. The molecule has 4 heteroatoms. The highest BCUT2D eigenvalue weighted by molar-refractivity contribution is 7.99. The molecular formula is C14H16N2OS. The van der Waals surface area contributed by atoms with Gasteiger partial charge in [0.1, 0.15) is 5.69 Å². The molecule has 0 saturated carbocycles. The van der Waals surface area contributed by atoms with Crippen LogP contribution in [0.3, 0.4) is 0 Å². The van der Waals surface area contributed by atoms with E-state index in [0.29, 0.717) is 0 Å². The topological polar surface area (TPSA) is 36.1 Å². The van der Waals surface area contributed by atoms with Gasteiger partial charge in [0.2, 0.25) is 0 Å². The van der Waals surface area contributed by atoms with Crippen molar-refractivity contribution >= 4 is 28.4 Å². The van der Waals surface area contributed by atoms with Crippen molar-refractivity contribution in [2.45, 2.75) is 6.92 Å². The van der Waals surface area contributed by atoms with Crippen LogP contribution in [0.15, 0.2) is 29.1 Å². The lowest BCUT2D eigenvalue weighted by atomic mass is 10.1. The summed E-state index contributed by atoms with van der Waals surface area (Å²) in [5.41, 5.74) is 2.92. The number of nitrogens with zero attached hydrogens (tertiary/aromatic N) is 1. The van der Waals surface area contributed by atoms with E-state index in [1.54, 1.807) is 0 Å². The molecule has 2 heterocycles. The Bertz CT molecular complexity index is 629. The van der Waals surface area contributed by atoms with Crippen molar-refractivity contribution in [1.29, 1.82) is 0 Å². The summed E-state index contributed by atoms with van der Waals surface area (Å²) in [6, 6.07) is 8.14. The van der Waals surface area contributed by atoms with Gasteiger partial charge in [-0.3, -0.25) is 4.79 Å². The van der Waals surface area contributed by atoms with Crippen molar-refractivity contribution in [3.63, 3.8) is 0 Å². The summed E-state index contributed by atoms with van der Waals surface area (Å²) in [5, 5.41) is 1.11. The minimum atomic E-state index is 0.0312. The first kappa shape index (κ1) is 11.7. The smallest absolute Gasteiger partial charge is 0.271 e. The molecule has 0 aliphatic carbocycles. The molecule has 0 unspecified atom stereocenters. The van der Waals surface area contributed by atoms with E-state index < -0.39 is 0 Å². The lowest BCUT2D eigenvalue weighted by Crippen LogP contribution is -2.36. The zero-order valence-electron chi connectivity index (χ0n) is 10.4. The Hall–Kier alpha value is -1.42. The van der Waals surface area contributed by atoms with Crippen LogP contribution in [0.25, 0.3) is 10.9 Å². The first-order valence-corrected chi connectivity index (χ1v) is 7.36. The number of nitrogens with one attached hydrogen (secondary N) is 1. The van der Waals surface area contributed by atoms with Gasteiger partial charge in [-0.1, -0.05) is 18.2 Å². The number of anilines is 1. The van der Waals surface area contributed by atoms with Crippen molar-refractivity contribution < 1.29 is 0 Å². The van der Waals surface area contributed by atoms with E-state index in [2.05, 4.69) is 16.0 Å². The Morgan fingerprint density at radius 3 is 2.83 bits per heavy atom. The molecular weight excluding hydrogens is 244 g/mol. The second kappa shape index (κ2) is 4.69. The molecule has 0 radical (unpaired) electrons. The number of thioether (sulfide) groups is 1. The van der Waals surface area contributed by atoms with E-state index in [1.165, 1.54) is 0 Å². The molecule has 3 nitrogen and oxygen atoms in total. The van der Waals surface area contributed by atoms with Gasteiger partial charge in [0.25, 0.3) is 5.56 Å². The van der Waals surface area contributed by atoms with Gasteiger partial charge in [0.05, 0.1) is 5.52 Å². The predicted octanol–water partition coefficient (Wildman–Crippen LogP) is 2.39. The molecule has 1 aliphatic heterocycles. The lowest BCUT2D eigenvalue weighted by molar-refractivity contribution is 0.851. The highest BCUT2D eigenvalue weighted by Gasteiger charge is 2.15. The average Bonchev–Trinajstić information content (AvgIpc) is 2.40. The molecule has 1 aliphatic rings. The number of hydrogen-bond donors (Lipinski definition) is 1. The van der Waals surface area contributed by atoms with Crippen LogP contribution in [0.4, 0.5) is 5.69 Å². The van der Waals surface area contributed by atoms with E-state index in [0.717, 1.165) is 46.7 Å². The minimum Gasteiger partial charge on any atom is -0.365 e. The monoisotopic (exact) mass is 260 g/mol. The van der Waals surface area contributed by atoms with E-state index in [4.69, 9.17) is 0 Å². The van der Waals surface area contributed by atoms with Crippen LogP contribution in [-0.2, 0) is 0 Å². The SMILES string of the molecule is Cc1cccc2cc(N3CCSCC3)c(=O)[nH]c12. The third-order valence-electron chi connectivity index (χ3n) is 3.42. The van der Waals surface area contributed by atoms with E-state index in [1.807, 2.05) is 36.9 Å². The summed E-state index contributed by atoms with van der Waals surface area (Å²) < 4.78 is 0. The minimum absolute atomic E-state index is 0.0312. The van der Waals surface area contributed by atoms with E-state index in [-0.39, 0.29) is 5.56 Å². The molecule has 0 atom stereocenters. The third-order valence-corrected chi connectivity index (χ3v) is 4.36. The molecule has 1 aromatic heterocycles. The van der Waals surface area contributed by atoms with Crippen LogP contribution in [0, 0.1) is 6.92 Å². The van der Waals surface area contributed by atoms with Crippen molar-refractivity contribution in [3.8, 4) is 0 Å². The number of para-hydroxylation sites is 1. The van der Waals surface area contributed by atoms with Crippen LogP contribution in [0.2, 0.25) is 0 Å². The van der Waals surface area contributed by atoms with Gasteiger partial charge >= 0.3 is 0 Å². The number of fused-ring (bicyclic) bond motifs is 1. The first-order chi connectivity index (χ1) is 8.75. The van der Waals surface area contributed by atoms with E-state index >= 15 is 0 Å². The normalized spacial score (nSPS) is 16.2. The second-order valence-electron chi connectivity index (χ2n) is 4.62. The molecule has 0 amide bonds. The number of aryl methyl sites for hydroxylation is 1. The summed E-state index contributed by atoms with van der Waals surface area (Å²) in [6.07, 6.45) is 0. The van der Waals surface area contributed by atoms with Gasteiger partial charge in [-0.2, -0.15) is 11.8 Å². The maximum atomic E-state index is 12.2. The first-order valence-electron chi connectivity index (χ1n) is 6.21. The number of aromatic nitrogens is 1. The van der Waals surface area contributed by atoms with Crippen LogP contribution >= 0.6 is 11.8 Å². The molecule has 1 N–H and O–H groups in total. The Morgan fingerprint density at radius 1 is 1.28 bits per heavy atom. The molecule has 0 spiro atoms. The van der Waals surface area contributed by atoms with Gasteiger partial charge in [0, 0.05) is 30.0 Å². The van der Waals surface area contributed by atoms with Crippen molar-refractivity contribution in [3.05, 3.63) is 40.2 Å². The summed E-state index contributed by atoms with van der Waals surface area (Å²) in [6.45, 7) is 3.95. The summed E-state index contributed by atoms with van der Waals surface area (Å²) in [7, 11) is 0. The molecule has 3 rings (SSSR count). The fraction of sp³-hybridized carbons (Fsp3) is 0.357. The van der Waals surface area contributed by atoms with Gasteiger partial charge < -0.3 is 9.88 Å². The van der Waals surface area contributed by atoms with Crippen LogP contribution < -0.4 is 10.5 Å². The Morgan fingerprint density at radius 2 is 2.06 bits per heavy atom. The fourth-order valence-corrected chi connectivity index (χ4v) is 3.31. The van der Waals surface area contributed by atoms with Crippen molar-refractivity contribution in [1.82, 2.24) is 4.98 Å². The molecule has 0 bridgehead atoms. The van der Waals surface area contributed by atoms with Crippen molar-refractivity contribution in [2.24, 2.45) is 0 Å². The molecule has 1 aromatic carbocycles. The van der Waals surface area contributed by atoms with Crippen molar-refractivity contribution in [2.75, 3.05) is 29.5 Å². The number of benzene rings is 1. The standard InChI is InChI=1S/C14H16N2OS/c1-10-3-2-4-11-9-12(14(17)15-13(10)11)16-5-7-18-8-6-16/h2-4,9H,5-8H2,1H3,(H,15,17). The number of hydrogen-bond acceptors (Lipinski definition) is 3. The molecule has 18 heavy (non-hydrogen) atoms.